The molecular weight excluding hydrogens is 434 g/mol. The van der Waals surface area contributed by atoms with Crippen molar-refractivity contribution in [1.82, 2.24) is 5.32 Å². The van der Waals surface area contributed by atoms with Gasteiger partial charge in [0, 0.05) is 12.2 Å². The SMILES string of the molecule is COc1ccc(NC(=O)C(=O)N[C@H](CO)Cc2ccccc2)cc1N1CCCCS1(=O)=O. The minimum atomic E-state index is -3.49. The van der Waals surface area contributed by atoms with Gasteiger partial charge in [-0.15, -0.1) is 0 Å². The number of hydrogen-bond donors (Lipinski definition) is 3. The average molecular weight is 462 g/mol. The lowest BCUT2D eigenvalue weighted by Gasteiger charge is -2.29. The number of aliphatic hydroxyl groups excluding tert-OH is 1. The van der Waals surface area contributed by atoms with Crippen molar-refractivity contribution in [2.45, 2.75) is 25.3 Å². The van der Waals surface area contributed by atoms with Crippen molar-refractivity contribution < 1.29 is 27.9 Å². The van der Waals surface area contributed by atoms with Crippen molar-refractivity contribution in [2.75, 3.05) is 35.6 Å². The Morgan fingerprint density at radius 2 is 1.88 bits per heavy atom. The Bertz CT molecular complexity index is 1060. The van der Waals surface area contributed by atoms with Crippen LogP contribution in [-0.2, 0) is 26.0 Å². The fraction of sp³-hybridized carbons (Fsp3) is 0.364. The maximum atomic E-state index is 12.5. The van der Waals surface area contributed by atoms with Crippen LogP contribution in [0.15, 0.2) is 48.5 Å². The molecule has 10 heteroatoms. The minimum absolute atomic E-state index is 0.0408. The molecule has 172 valence electrons. The van der Waals surface area contributed by atoms with Crippen molar-refractivity contribution in [1.29, 1.82) is 0 Å². The summed E-state index contributed by atoms with van der Waals surface area (Å²) in [4.78, 5) is 24.8. The number of benzene rings is 2. The largest absolute Gasteiger partial charge is 0.495 e. The Kier molecular flexibility index (Phi) is 7.70. The molecule has 1 fully saturated rings. The number of rotatable bonds is 7. The third-order valence-electron chi connectivity index (χ3n) is 5.14. The molecule has 1 atom stereocenters. The minimum Gasteiger partial charge on any atom is -0.495 e. The van der Waals surface area contributed by atoms with E-state index in [4.69, 9.17) is 4.74 Å². The normalized spacial score (nSPS) is 16.1. The first-order valence-corrected chi connectivity index (χ1v) is 11.9. The fourth-order valence-electron chi connectivity index (χ4n) is 3.52. The molecule has 0 aliphatic carbocycles. The van der Waals surface area contributed by atoms with E-state index in [9.17, 15) is 23.1 Å². The molecule has 2 aromatic rings. The number of amides is 2. The molecule has 1 saturated heterocycles. The van der Waals surface area contributed by atoms with E-state index in [1.54, 1.807) is 6.07 Å². The van der Waals surface area contributed by atoms with Crippen LogP contribution >= 0.6 is 0 Å². The maximum absolute atomic E-state index is 12.5. The van der Waals surface area contributed by atoms with Gasteiger partial charge in [0.1, 0.15) is 5.75 Å². The highest BCUT2D eigenvalue weighted by Crippen LogP contribution is 2.35. The molecule has 0 spiro atoms. The summed E-state index contributed by atoms with van der Waals surface area (Å²) in [6.45, 7) is -0.0122. The van der Waals surface area contributed by atoms with E-state index in [1.807, 2.05) is 30.3 Å². The van der Waals surface area contributed by atoms with Gasteiger partial charge < -0.3 is 20.5 Å². The second-order valence-electron chi connectivity index (χ2n) is 7.48. The molecule has 1 aliphatic rings. The zero-order chi connectivity index (χ0) is 23.1. The van der Waals surface area contributed by atoms with E-state index in [0.29, 0.717) is 37.2 Å². The van der Waals surface area contributed by atoms with Crippen LogP contribution in [-0.4, -0.2) is 57.4 Å². The zero-order valence-corrected chi connectivity index (χ0v) is 18.6. The van der Waals surface area contributed by atoms with Crippen LogP contribution in [0.4, 0.5) is 11.4 Å². The van der Waals surface area contributed by atoms with Crippen LogP contribution in [0.25, 0.3) is 0 Å². The molecule has 0 radical (unpaired) electrons. The van der Waals surface area contributed by atoms with Crippen molar-refractivity contribution in [3.8, 4) is 5.75 Å². The predicted octanol–water partition coefficient (Wildman–Crippen LogP) is 1.28. The van der Waals surface area contributed by atoms with Crippen molar-refractivity contribution in [3.63, 3.8) is 0 Å². The van der Waals surface area contributed by atoms with Crippen LogP contribution in [0.2, 0.25) is 0 Å². The molecular formula is C22H27N3O6S. The highest BCUT2D eigenvalue weighted by Gasteiger charge is 2.29. The van der Waals surface area contributed by atoms with Crippen LogP contribution < -0.4 is 19.7 Å². The average Bonchev–Trinajstić information content (AvgIpc) is 2.79. The van der Waals surface area contributed by atoms with Crippen LogP contribution in [0.1, 0.15) is 18.4 Å². The number of anilines is 2. The summed E-state index contributed by atoms with van der Waals surface area (Å²) in [5.41, 5.74) is 1.47. The van der Waals surface area contributed by atoms with Crippen molar-refractivity contribution in [3.05, 3.63) is 54.1 Å². The Morgan fingerprint density at radius 1 is 1.12 bits per heavy atom. The molecule has 0 bridgehead atoms. The van der Waals surface area contributed by atoms with E-state index < -0.39 is 27.9 Å². The van der Waals surface area contributed by atoms with Crippen LogP contribution in [0.5, 0.6) is 5.75 Å². The highest BCUT2D eigenvalue weighted by atomic mass is 32.2. The van der Waals surface area contributed by atoms with Gasteiger partial charge in [-0.05, 0) is 43.0 Å². The smallest absolute Gasteiger partial charge is 0.313 e. The second kappa shape index (κ2) is 10.5. The quantitative estimate of drug-likeness (QED) is 0.534. The lowest BCUT2D eigenvalue weighted by atomic mass is 10.1. The van der Waals surface area contributed by atoms with E-state index in [-0.39, 0.29) is 18.0 Å². The molecule has 2 amide bonds. The summed E-state index contributed by atoms with van der Waals surface area (Å²) < 4.78 is 31.6. The summed E-state index contributed by atoms with van der Waals surface area (Å²) in [5.74, 6) is -1.43. The van der Waals surface area contributed by atoms with Crippen molar-refractivity contribution in [2.24, 2.45) is 0 Å². The molecule has 3 N–H and O–H groups in total. The molecule has 2 aromatic carbocycles. The number of methoxy groups -OCH3 is 1. The number of nitrogens with one attached hydrogen (secondary N) is 2. The number of nitrogens with zero attached hydrogens (tertiary/aromatic N) is 1. The van der Waals surface area contributed by atoms with E-state index in [1.165, 1.54) is 23.5 Å². The van der Waals surface area contributed by atoms with E-state index in [2.05, 4.69) is 10.6 Å². The fourth-order valence-corrected chi connectivity index (χ4v) is 5.16. The standard InChI is InChI=1S/C22H27N3O6S/c1-31-20-10-9-17(14-19(20)25-11-5-6-12-32(25,29)30)23-21(27)22(28)24-18(15-26)13-16-7-3-2-4-8-16/h2-4,7-10,14,18,26H,5-6,11-13,15H2,1H3,(H,23,27)(H,24,28)/t18-/m0/s1. The molecule has 32 heavy (non-hydrogen) atoms. The number of carbonyl (C=O) groups is 2. The van der Waals surface area contributed by atoms with E-state index in [0.717, 1.165) is 5.56 Å². The maximum Gasteiger partial charge on any atom is 0.313 e. The van der Waals surface area contributed by atoms with E-state index >= 15 is 0 Å². The summed E-state index contributed by atoms with van der Waals surface area (Å²) in [6, 6.07) is 13.2. The van der Waals surface area contributed by atoms with Crippen LogP contribution in [0.3, 0.4) is 0 Å². The Hall–Kier alpha value is -3.11. The van der Waals surface area contributed by atoms with Crippen molar-refractivity contribution >= 4 is 33.2 Å². The lowest BCUT2D eigenvalue weighted by molar-refractivity contribution is -0.136. The first-order chi connectivity index (χ1) is 15.3. The molecule has 0 aromatic heterocycles. The van der Waals surface area contributed by atoms with Gasteiger partial charge >= 0.3 is 11.8 Å². The molecule has 0 saturated carbocycles. The summed E-state index contributed by atoms with van der Waals surface area (Å²) >= 11 is 0. The second-order valence-corrected chi connectivity index (χ2v) is 9.49. The number of carbonyl (C=O) groups excluding carboxylic acids is 2. The van der Waals surface area contributed by atoms with Gasteiger partial charge in [0.15, 0.2) is 0 Å². The number of sulfonamides is 1. The predicted molar refractivity (Wildman–Crippen MR) is 121 cm³/mol. The summed E-state index contributed by atoms with van der Waals surface area (Å²) in [6.07, 6.45) is 1.67. The number of hydrogen-bond acceptors (Lipinski definition) is 6. The molecule has 1 aliphatic heterocycles. The van der Waals surface area contributed by atoms with Gasteiger partial charge in [0.05, 0.1) is 31.2 Å². The van der Waals surface area contributed by atoms with Gasteiger partial charge in [-0.3, -0.25) is 13.9 Å². The highest BCUT2D eigenvalue weighted by molar-refractivity contribution is 7.92. The van der Waals surface area contributed by atoms with Gasteiger partial charge in [0.25, 0.3) is 0 Å². The monoisotopic (exact) mass is 461 g/mol. The first kappa shape index (κ1) is 23.6. The molecule has 9 nitrogen and oxygen atoms in total. The third kappa shape index (κ3) is 5.77. The molecule has 1 heterocycles. The zero-order valence-electron chi connectivity index (χ0n) is 17.8. The number of ether oxygens (including phenoxy) is 1. The van der Waals surface area contributed by atoms with Crippen LogP contribution in [0, 0.1) is 0 Å². The molecule has 3 rings (SSSR count). The van der Waals surface area contributed by atoms with Gasteiger partial charge in [-0.2, -0.15) is 0 Å². The first-order valence-electron chi connectivity index (χ1n) is 10.3. The lowest BCUT2D eigenvalue weighted by Crippen LogP contribution is -2.44. The van der Waals surface area contributed by atoms with Gasteiger partial charge in [0.2, 0.25) is 10.0 Å². The summed E-state index contributed by atoms with van der Waals surface area (Å²) in [7, 11) is -2.05. The topological polar surface area (TPSA) is 125 Å². The third-order valence-corrected chi connectivity index (χ3v) is 7.00. The number of aliphatic hydroxyl groups is 1. The van der Waals surface area contributed by atoms with Gasteiger partial charge in [-0.1, -0.05) is 30.3 Å². The molecule has 0 unspecified atom stereocenters. The van der Waals surface area contributed by atoms with Gasteiger partial charge in [-0.25, -0.2) is 8.42 Å². The summed E-state index contributed by atoms with van der Waals surface area (Å²) in [5, 5.41) is 14.6. The Morgan fingerprint density at radius 3 is 2.53 bits per heavy atom. The Balaban J connectivity index is 1.70. The Labute approximate surface area is 187 Å².